The number of hydrogen-bond donors (Lipinski definition) is 2. The van der Waals surface area contributed by atoms with Gasteiger partial charge in [0.25, 0.3) is 0 Å². The highest BCUT2D eigenvalue weighted by molar-refractivity contribution is 7.95. The SMILES string of the molecule is CC.CN1CCCNS1.Cc1cc(NC=O)ccc1P.Cc1ccc(-c2ccccc2)c(Cl)c1. The maximum atomic E-state index is 10.1. The molecule has 0 saturated carbocycles. The van der Waals surface area contributed by atoms with Crippen molar-refractivity contribution in [1.29, 1.82) is 0 Å². The van der Waals surface area contributed by atoms with E-state index in [-0.39, 0.29) is 0 Å². The summed E-state index contributed by atoms with van der Waals surface area (Å²) in [6.07, 6.45) is 1.96. The van der Waals surface area contributed by atoms with Crippen LogP contribution in [0.25, 0.3) is 11.1 Å². The zero-order chi connectivity index (χ0) is 25.3. The van der Waals surface area contributed by atoms with E-state index in [2.05, 4.69) is 54.9 Å². The van der Waals surface area contributed by atoms with Crippen LogP contribution in [-0.4, -0.2) is 30.9 Å². The average molecular weight is 518 g/mol. The van der Waals surface area contributed by atoms with Crippen LogP contribution in [0, 0.1) is 13.8 Å². The van der Waals surface area contributed by atoms with E-state index < -0.39 is 0 Å². The van der Waals surface area contributed by atoms with E-state index in [9.17, 15) is 4.79 Å². The Labute approximate surface area is 217 Å². The van der Waals surface area contributed by atoms with E-state index in [4.69, 9.17) is 11.6 Å². The van der Waals surface area contributed by atoms with Crippen molar-refractivity contribution in [2.45, 2.75) is 34.1 Å². The molecule has 1 aliphatic rings. The van der Waals surface area contributed by atoms with Crippen LogP contribution in [0.5, 0.6) is 0 Å². The molecule has 0 radical (unpaired) electrons. The zero-order valence-corrected chi connectivity index (χ0v) is 23.5. The zero-order valence-electron chi connectivity index (χ0n) is 20.8. The summed E-state index contributed by atoms with van der Waals surface area (Å²) in [6, 6.07) is 22.0. The lowest BCUT2D eigenvalue weighted by Crippen LogP contribution is -2.26. The molecule has 0 aliphatic carbocycles. The Morgan fingerprint density at radius 3 is 2.26 bits per heavy atom. The van der Waals surface area contributed by atoms with Crippen LogP contribution in [0.15, 0.2) is 66.7 Å². The minimum absolute atomic E-state index is 0.678. The van der Waals surface area contributed by atoms with E-state index >= 15 is 0 Å². The number of rotatable bonds is 3. The van der Waals surface area contributed by atoms with Gasteiger partial charge < -0.3 is 5.32 Å². The van der Waals surface area contributed by atoms with Crippen LogP contribution >= 0.6 is 33.0 Å². The molecule has 4 nitrogen and oxygen atoms in total. The largest absolute Gasteiger partial charge is 0.329 e. The number of hydrogen-bond acceptors (Lipinski definition) is 4. The Balaban J connectivity index is 0.000000258. The smallest absolute Gasteiger partial charge is 0.211 e. The molecule has 1 aliphatic heterocycles. The Kier molecular flexibility index (Phi) is 15.6. The van der Waals surface area contributed by atoms with Gasteiger partial charge in [0.1, 0.15) is 0 Å². The standard InChI is InChI=1S/C13H11Cl.C8H10NOP.C4H10N2S.C2H6/c1-10-7-8-12(13(14)9-10)11-5-3-2-4-6-11;1-6-4-7(9-5-10)2-3-8(6)11;1-6-4-2-3-5-7-6;1-2/h2-9H,1H3;2-5H,11H2,1H3,(H,9,10);5H,2-4H2,1H3;1-2H3. The third-order valence-corrected chi connectivity index (χ3v) is 6.46. The molecule has 0 bridgehead atoms. The van der Waals surface area contributed by atoms with Gasteiger partial charge in [0.15, 0.2) is 0 Å². The number of amides is 1. The van der Waals surface area contributed by atoms with Crippen LogP contribution in [-0.2, 0) is 4.79 Å². The number of anilines is 1. The summed E-state index contributed by atoms with van der Waals surface area (Å²) < 4.78 is 5.38. The second-order valence-electron chi connectivity index (χ2n) is 7.37. The fourth-order valence-corrected chi connectivity index (χ4v) is 4.08. The summed E-state index contributed by atoms with van der Waals surface area (Å²) >= 11 is 7.87. The molecule has 3 aromatic rings. The fourth-order valence-electron chi connectivity index (χ4n) is 2.88. The number of nitrogens with zero attached hydrogens (tertiary/aromatic N) is 1. The lowest BCUT2D eigenvalue weighted by Gasteiger charge is -2.20. The van der Waals surface area contributed by atoms with Crippen molar-refractivity contribution in [3.8, 4) is 11.1 Å². The van der Waals surface area contributed by atoms with Gasteiger partial charge in [0, 0.05) is 41.5 Å². The Bertz CT molecular complexity index is 983. The van der Waals surface area contributed by atoms with Crippen molar-refractivity contribution in [3.63, 3.8) is 0 Å². The monoisotopic (exact) mass is 517 g/mol. The molecule has 2 N–H and O–H groups in total. The van der Waals surface area contributed by atoms with Gasteiger partial charge in [-0.25, -0.2) is 4.31 Å². The summed E-state index contributed by atoms with van der Waals surface area (Å²) in [5.41, 5.74) is 5.44. The van der Waals surface area contributed by atoms with Gasteiger partial charge in [-0.1, -0.05) is 74.0 Å². The molecule has 1 unspecified atom stereocenters. The van der Waals surface area contributed by atoms with Gasteiger partial charge in [0.05, 0.1) is 0 Å². The molecule has 1 saturated heterocycles. The normalized spacial score (nSPS) is 12.6. The molecular formula is C27H37ClN3OPS. The highest BCUT2D eigenvalue weighted by atomic mass is 35.5. The summed E-state index contributed by atoms with van der Waals surface area (Å²) in [7, 11) is 4.72. The first-order chi connectivity index (χ1) is 16.4. The fraction of sp³-hybridized carbons (Fsp3) is 0.296. The summed E-state index contributed by atoms with van der Waals surface area (Å²) in [5.74, 6) is 0. The Morgan fingerprint density at radius 2 is 1.76 bits per heavy atom. The van der Waals surface area contributed by atoms with E-state index in [1.807, 2.05) is 70.2 Å². The van der Waals surface area contributed by atoms with Gasteiger partial charge >= 0.3 is 0 Å². The first-order valence-electron chi connectivity index (χ1n) is 11.4. The highest BCUT2D eigenvalue weighted by Gasteiger charge is 2.03. The van der Waals surface area contributed by atoms with Gasteiger partial charge in [-0.3, -0.25) is 9.52 Å². The molecule has 3 aromatic carbocycles. The number of nitrogens with one attached hydrogen (secondary N) is 2. The van der Waals surface area contributed by atoms with Crippen molar-refractivity contribution in [1.82, 2.24) is 9.03 Å². The predicted octanol–water partition coefficient (Wildman–Crippen LogP) is 6.88. The molecule has 1 fully saturated rings. The van der Waals surface area contributed by atoms with E-state index in [1.54, 1.807) is 12.1 Å². The van der Waals surface area contributed by atoms with Crippen LogP contribution in [0.1, 0.15) is 31.4 Å². The van der Waals surface area contributed by atoms with Crippen molar-refractivity contribution in [3.05, 3.63) is 82.9 Å². The van der Waals surface area contributed by atoms with E-state index in [0.717, 1.165) is 39.2 Å². The quantitative estimate of drug-likeness (QED) is 0.226. The molecular weight excluding hydrogens is 481 g/mol. The summed E-state index contributed by atoms with van der Waals surface area (Å²) in [5, 5.41) is 4.56. The number of carbonyl (C=O) groups excluding carboxylic acids is 1. The first-order valence-corrected chi connectivity index (χ1v) is 13.1. The lowest BCUT2D eigenvalue weighted by molar-refractivity contribution is -0.105. The van der Waals surface area contributed by atoms with Crippen LogP contribution < -0.4 is 15.3 Å². The van der Waals surface area contributed by atoms with Gasteiger partial charge in [-0.2, -0.15) is 0 Å². The van der Waals surface area contributed by atoms with E-state index in [1.165, 1.54) is 18.5 Å². The molecule has 7 heteroatoms. The Morgan fingerprint density at radius 1 is 1.06 bits per heavy atom. The molecule has 34 heavy (non-hydrogen) atoms. The van der Waals surface area contributed by atoms with Crippen molar-refractivity contribution in [2.75, 3.05) is 25.5 Å². The van der Waals surface area contributed by atoms with Crippen molar-refractivity contribution in [2.24, 2.45) is 0 Å². The number of aryl methyl sites for hydroxylation is 2. The second kappa shape index (κ2) is 17.5. The minimum atomic E-state index is 0.678. The molecule has 4 rings (SSSR count). The molecule has 0 spiro atoms. The molecule has 1 heterocycles. The first kappa shape index (κ1) is 30.2. The van der Waals surface area contributed by atoms with Crippen LogP contribution in [0.4, 0.5) is 5.69 Å². The summed E-state index contributed by atoms with van der Waals surface area (Å²) in [6.45, 7) is 10.4. The molecule has 1 amide bonds. The summed E-state index contributed by atoms with van der Waals surface area (Å²) in [4.78, 5) is 10.1. The number of halogens is 1. The molecule has 1 atom stereocenters. The van der Waals surface area contributed by atoms with Crippen LogP contribution in [0.3, 0.4) is 0 Å². The molecule has 0 aromatic heterocycles. The number of carbonyl (C=O) groups is 1. The highest BCUT2D eigenvalue weighted by Crippen LogP contribution is 2.28. The number of benzene rings is 3. The lowest BCUT2D eigenvalue weighted by atomic mass is 10.0. The minimum Gasteiger partial charge on any atom is -0.329 e. The van der Waals surface area contributed by atoms with Gasteiger partial charge in [-0.05, 0) is 67.5 Å². The predicted molar refractivity (Wildman–Crippen MR) is 156 cm³/mol. The van der Waals surface area contributed by atoms with Crippen molar-refractivity contribution >= 4 is 50.4 Å². The third kappa shape index (κ3) is 11.5. The maximum Gasteiger partial charge on any atom is 0.211 e. The van der Waals surface area contributed by atoms with Crippen molar-refractivity contribution < 1.29 is 4.79 Å². The third-order valence-electron chi connectivity index (χ3n) is 4.68. The average Bonchev–Trinajstić information content (AvgIpc) is 2.85. The Hall–Kier alpha value is -1.88. The maximum absolute atomic E-state index is 10.1. The van der Waals surface area contributed by atoms with Crippen LogP contribution in [0.2, 0.25) is 5.02 Å². The molecule has 184 valence electrons. The topological polar surface area (TPSA) is 44.4 Å². The van der Waals surface area contributed by atoms with Gasteiger partial charge in [-0.15, -0.1) is 9.24 Å². The second-order valence-corrected chi connectivity index (χ2v) is 9.50. The van der Waals surface area contributed by atoms with E-state index in [0.29, 0.717) is 6.41 Å². The van der Waals surface area contributed by atoms with Gasteiger partial charge in [0.2, 0.25) is 6.41 Å².